The third-order valence-corrected chi connectivity index (χ3v) is 4.62. The van der Waals surface area contributed by atoms with Gasteiger partial charge in [0.1, 0.15) is 0 Å². The Morgan fingerprint density at radius 2 is 1.15 bits per heavy atom. The molecule has 132 valence electrons. The fraction of sp³-hybridized carbons (Fsp3) is 0. The molecule has 4 aromatic rings. The van der Waals surface area contributed by atoms with E-state index in [1.807, 2.05) is 34.9 Å². The molecule has 4 N–H and O–H groups in total. The predicted molar refractivity (Wildman–Crippen MR) is 107 cm³/mol. The summed E-state index contributed by atoms with van der Waals surface area (Å²) in [5.74, 6) is 0. The van der Waals surface area contributed by atoms with E-state index in [1.165, 1.54) is 12.1 Å². The van der Waals surface area contributed by atoms with Crippen molar-refractivity contribution < 1.29 is 20.1 Å². The van der Waals surface area contributed by atoms with Crippen LogP contribution in [0.15, 0.2) is 71.5 Å². The Balaban J connectivity index is 2.20. The highest BCUT2D eigenvalue weighted by molar-refractivity contribution is 6.59. The number of benzene rings is 3. The van der Waals surface area contributed by atoms with E-state index in [0.29, 0.717) is 21.8 Å². The van der Waals surface area contributed by atoms with Gasteiger partial charge in [0, 0.05) is 16.5 Å². The van der Waals surface area contributed by atoms with Crippen LogP contribution in [0.5, 0.6) is 0 Å². The average molecular weight is 359 g/mol. The molecule has 0 aliphatic heterocycles. The highest BCUT2D eigenvalue weighted by Crippen LogP contribution is 2.23. The van der Waals surface area contributed by atoms with Crippen LogP contribution in [-0.4, -0.2) is 38.9 Å². The number of fused-ring (bicyclic) bond motifs is 2. The summed E-state index contributed by atoms with van der Waals surface area (Å²) in [4.78, 5) is 13.1. The van der Waals surface area contributed by atoms with Gasteiger partial charge in [-0.3, -0.25) is 4.79 Å². The van der Waals surface area contributed by atoms with Crippen LogP contribution in [0.3, 0.4) is 0 Å². The molecule has 0 saturated carbocycles. The van der Waals surface area contributed by atoms with Crippen molar-refractivity contribution in [2.45, 2.75) is 0 Å². The lowest BCUT2D eigenvalue weighted by molar-refractivity contribution is 0.424. The van der Waals surface area contributed by atoms with Crippen molar-refractivity contribution in [3.63, 3.8) is 0 Å². The quantitative estimate of drug-likeness (QED) is 0.292. The lowest BCUT2D eigenvalue weighted by Gasteiger charge is -2.16. The van der Waals surface area contributed by atoms with Crippen molar-refractivity contribution >= 4 is 47.0 Å². The molecule has 4 rings (SSSR count). The van der Waals surface area contributed by atoms with Gasteiger partial charge in [0.25, 0.3) is 0 Å². The third-order valence-electron chi connectivity index (χ3n) is 4.62. The normalized spacial score (nSPS) is 11.1. The van der Waals surface area contributed by atoms with E-state index in [9.17, 15) is 24.9 Å². The third kappa shape index (κ3) is 2.94. The van der Waals surface area contributed by atoms with E-state index in [1.54, 1.807) is 24.3 Å². The molecule has 0 radical (unpaired) electrons. The summed E-state index contributed by atoms with van der Waals surface area (Å²) in [7, 11) is -3.39. The van der Waals surface area contributed by atoms with Crippen LogP contribution in [0.4, 0.5) is 0 Å². The van der Waals surface area contributed by atoms with Gasteiger partial charge in [-0.15, -0.1) is 0 Å². The minimum atomic E-state index is -1.69. The molecule has 1 heterocycles. The van der Waals surface area contributed by atoms with Crippen LogP contribution >= 0.6 is 0 Å². The molecule has 27 heavy (non-hydrogen) atoms. The van der Waals surface area contributed by atoms with Crippen molar-refractivity contribution in [2.75, 3.05) is 0 Å². The highest BCUT2D eigenvalue weighted by atomic mass is 16.4. The van der Waals surface area contributed by atoms with Gasteiger partial charge >= 0.3 is 14.2 Å². The van der Waals surface area contributed by atoms with Gasteiger partial charge in [0.15, 0.2) is 5.43 Å². The number of rotatable bonds is 3. The highest BCUT2D eigenvalue weighted by Gasteiger charge is 2.18. The second kappa shape index (κ2) is 6.68. The summed E-state index contributed by atoms with van der Waals surface area (Å²) in [6, 6.07) is 18.8. The largest absolute Gasteiger partial charge is 0.488 e. The van der Waals surface area contributed by atoms with Gasteiger partial charge in [-0.05, 0) is 47.3 Å². The first-order valence-electron chi connectivity index (χ1n) is 8.37. The lowest BCUT2D eigenvalue weighted by atomic mass is 9.78. The summed E-state index contributed by atoms with van der Waals surface area (Å²) >= 11 is 0. The van der Waals surface area contributed by atoms with Crippen molar-refractivity contribution in [3.8, 4) is 5.69 Å². The number of hydrogen-bond acceptors (Lipinski definition) is 5. The average Bonchev–Trinajstić information content (AvgIpc) is 2.68. The fourth-order valence-corrected chi connectivity index (χ4v) is 3.31. The Hall–Kier alpha value is -2.90. The summed E-state index contributed by atoms with van der Waals surface area (Å²) < 4.78 is 1.88. The van der Waals surface area contributed by atoms with Crippen LogP contribution in [0, 0.1) is 0 Å². The van der Waals surface area contributed by atoms with E-state index in [4.69, 9.17) is 0 Å². The van der Waals surface area contributed by atoms with Gasteiger partial charge in [0.05, 0.1) is 11.0 Å². The van der Waals surface area contributed by atoms with Crippen LogP contribution in [0.1, 0.15) is 0 Å². The van der Waals surface area contributed by atoms with E-state index in [-0.39, 0.29) is 16.4 Å². The van der Waals surface area contributed by atoms with E-state index < -0.39 is 14.2 Å². The first-order chi connectivity index (χ1) is 13.0. The van der Waals surface area contributed by atoms with Gasteiger partial charge < -0.3 is 24.7 Å². The van der Waals surface area contributed by atoms with Crippen LogP contribution in [-0.2, 0) is 0 Å². The standard InChI is InChI=1S/C19H15B2NO5/c23-19-15-10-12(20(24)25)6-8-17(15)22(14-4-2-1-3-5-14)18-9-7-13(21(26)27)11-16(18)19/h1-11,24-27H. The van der Waals surface area contributed by atoms with Crippen LogP contribution in [0.2, 0.25) is 0 Å². The van der Waals surface area contributed by atoms with E-state index >= 15 is 0 Å². The van der Waals surface area contributed by atoms with Gasteiger partial charge in [-0.1, -0.05) is 30.3 Å². The number of pyridine rings is 1. The molecular formula is C19H15B2NO5. The number of aromatic nitrogens is 1. The Kier molecular flexibility index (Phi) is 4.33. The van der Waals surface area contributed by atoms with Crippen LogP contribution < -0.4 is 16.4 Å². The number of hydrogen-bond donors (Lipinski definition) is 4. The molecule has 6 nitrogen and oxygen atoms in total. The zero-order valence-electron chi connectivity index (χ0n) is 14.1. The second-order valence-electron chi connectivity index (χ2n) is 6.30. The molecule has 0 fully saturated rings. The zero-order chi connectivity index (χ0) is 19.1. The SMILES string of the molecule is O=c1c2cc(B(O)O)ccc2n(-c2ccccc2)c2ccc(B(O)O)cc12. The number of nitrogens with zero attached hydrogens (tertiary/aromatic N) is 1. The maximum Gasteiger partial charge on any atom is 0.488 e. The first kappa shape index (κ1) is 17.5. The molecule has 1 aromatic heterocycles. The predicted octanol–water partition coefficient (Wildman–Crippen LogP) is -0.496. The molecule has 0 atom stereocenters. The van der Waals surface area contributed by atoms with Crippen molar-refractivity contribution in [2.24, 2.45) is 0 Å². The van der Waals surface area contributed by atoms with E-state index in [2.05, 4.69) is 0 Å². The molecule has 0 spiro atoms. The molecule has 0 aliphatic rings. The monoisotopic (exact) mass is 359 g/mol. The van der Waals surface area contributed by atoms with Gasteiger partial charge in [-0.25, -0.2) is 0 Å². The van der Waals surface area contributed by atoms with Crippen molar-refractivity contribution in [3.05, 3.63) is 77.0 Å². The summed E-state index contributed by atoms with van der Waals surface area (Å²) in [5, 5.41) is 38.5. The Bertz CT molecular complexity index is 1130. The maximum atomic E-state index is 13.1. The van der Waals surface area contributed by atoms with Crippen molar-refractivity contribution in [1.82, 2.24) is 4.57 Å². The van der Waals surface area contributed by atoms with E-state index in [0.717, 1.165) is 5.69 Å². The minimum absolute atomic E-state index is 0.205. The summed E-state index contributed by atoms with van der Waals surface area (Å²) in [6.07, 6.45) is 0. The summed E-state index contributed by atoms with van der Waals surface area (Å²) in [5.41, 5.74) is 2.13. The van der Waals surface area contributed by atoms with Gasteiger partial charge in [0.2, 0.25) is 0 Å². The topological polar surface area (TPSA) is 103 Å². The Morgan fingerprint density at radius 1 is 0.667 bits per heavy atom. The molecule has 0 bridgehead atoms. The maximum absolute atomic E-state index is 13.1. The number of para-hydroxylation sites is 1. The first-order valence-corrected chi connectivity index (χ1v) is 8.37. The Morgan fingerprint density at radius 3 is 1.59 bits per heavy atom. The Labute approximate surface area is 154 Å². The zero-order valence-corrected chi connectivity index (χ0v) is 14.1. The molecule has 0 unspecified atom stereocenters. The summed E-state index contributed by atoms with van der Waals surface area (Å²) in [6.45, 7) is 0. The molecule has 0 amide bonds. The molecular weight excluding hydrogens is 344 g/mol. The molecule has 0 saturated heterocycles. The molecule has 8 heteroatoms. The van der Waals surface area contributed by atoms with Gasteiger partial charge in [-0.2, -0.15) is 0 Å². The smallest absolute Gasteiger partial charge is 0.423 e. The minimum Gasteiger partial charge on any atom is -0.423 e. The van der Waals surface area contributed by atoms with Crippen molar-refractivity contribution in [1.29, 1.82) is 0 Å². The lowest BCUT2D eigenvalue weighted by Crippen LogP contribution is -2.31. The molecule has 0 aliphatic carbocycles. The second-order valence-corrected chi connectivity index (χ2v) is 6.30. The van der Waals surface area contributed by atoms with Crippen LogP contribution in [0.25, 0.3) is 27.5 Å². The fourth-order valence-electron chi connectivity index (χ4n) is 3.31. The molecule has 3 aromatic carbocycles.